The standard InChI is InChI=1S/C18H24N6O2S/c1-11(2)21-16(25)12-4-3-5-14(8-12)22-15-7-6-13(9-19-15)17(26)23-18-24-20-10-27-18/h6-7,9-12,14H,3-5,8H2,1-2H3,(H,19,22)(H,21,25)(H,23,24,26). The third kappa shape index (κ3) is 5.46. The molecule has 144 valence electrons. The first-order valence-corrected chi connectivity index (χ1v) is 9.99. The molecule has 1 aliphatic rings. The molecular formula is C18H24N6O2S. The molecule has 2 unspecified atom stereocenters. The summed E-state index contributed by atoms with van der Waals surface area (Å²) in [6.07, 6.45) is 5.27. The van der Waals surface area contributed by atoms with Crippen LogP contribution in [0.3, 0.4) is 0 Å². The summed E-state index contributed by atoms with van der Waals surface area (Å²) in [5.41, 5.74) is 2.01. The third-order valence-corrected chi connectivity index (χ3v) is 5.04. The molecule has 3 N–H and O–H groups in total. The van der Waals surface area contributed by atoms with E-state index in [4.69, 9.17) is 0 Å². The van der Waals surface area contributed by atoms with Crippen molar-refractivity contribution >= 4 is 34.1 Å². The molecule has 1 fully saturated rings. The zero-order valence-electron chi connectivity index (χ0n) is 15.4. The van der Waals surface area contributed by atoms with E-state index in [1.807, 2.05) is 13.8 Å². The highest BCUT2D eigenvalue weighted by atomic mass is 32.1. The zero-order chi connectivity index (χ0) is 19.2. The van der Waals surface area contributed by atoms with Gasteiger partial charge in [-0.15, -0.1) is 10.2 Å². The lowest BCUT2D eigenvalue weighted by Crippen LogP contribution is -2.40. The third-order valence-electron chi connectivity index (χ3n) is 4.43. The smallest absolute Gasteiger partial charge is 0.259 e. The molecule has 0 spiro atoms. The molecule has 0 radical (unpaired) electrons. The molecule has 2 amide bonds. The van der Waals surface area contributed by atoms with Crippen LogP contribution < -0.4 is 16.0 Å². The van der Waals surface area contributed by atoms with Gasteiger partial charge in [0.05, 0.1) is 5.56 Å². The molecule has 1 saturated carbocycles. The molecule has 2 aromatic rings. The Labute approximate surface area is 162 Å². The van der Waals surface area contributed by atoms with Crippen molar-refractivity contribution < 1.29 is 9.59 Å². The number of nitrogens with zero attached hydrogens (tertiary/aromatic N) is 3. The number of anilines is 2. The highest BCUT2D eigenvalue weighted by Gasteiger charge is 2.27. The number of aromatic nitrogens is 3. The molecule has 3 rings (SSSR count). The molecular weight excluding hydrogens is 364 g/mol. The van der Waals surface area contributed by atoms with Crippen molar-refractivity contribution in [3.63, 3.8) is 0 Å². The maximum atomic E-state index is 12.2. The largest absolute Gasteiger partial charge is 0.367 e. The normalized spacial score (nSPS) is 19.5. The van der Waals surface area contributed by atoms with Gasteiger partial charge in [0, 0.05) is 24.2 Å². The van der Waals surface area contributed by atoms with Gasteiger partial charge in [-0.05, 0) is 45.2 Å². The lowest BCUT2D eigenvalue weighted by Gasteiger charge is -2.29. The van der Waals surface area contributed by atoms with E-state index in [-0.39, 0.29) is 29.8 Å². The number of nitrogens with one attached hydrogen (secondary N) is 3. The topological polar surface area (TPSA) is 109 Å². The first-order chi connectivity index (χ1) is 13.0. The summed E-state index contributed by atoms with van der Waals surface area (Å²) < 4.78 is 0. The van der Waals surface area contributed by atoms with Crippen LogP contribution in [0.15, 0.2) is 23.8 Å². The Morgan fingerprint density at radius 2 is 2.11 bits per heavy atom. The lowest BCUT2D eigenvalue weighted by molar-refractivity contribution is -0.126. The van der Waals surface area contributed by atoms with Gasteiger partial charge in [0.2, 0.25) is 11.0 Å². The Kier molecular flexibility index (Phi) is 6.33. The molecule has 0 aliphatic heterocycles. The number of carbonyl (C=O) groups excluding carboxylic acids is 2. The minimum Gasteiger partial charge on any atom is -0.367 e. The average molecular weight is 388 g/mol. The van der Waals surface area contributed by atoms with Crippen molar-refractivity contribution in [3.05, 3.63) is 29.4 Å². The van der Waals surface area contributed by atoms with E-state index in [9.17, 15) is 9.59 Å². The average Bonchev–Trinajstić information content (AvgIpc) is 3.15. The van der Waals surface area contributed by atoms with E-state index in [1.165, 1.54) is 17.5 Å². The van der Waals surface area contributed by atoms with Gasteiger partial charge in [-0.3, -0.25) is 14.9 Å². The summed E-state index contributed by atoms with van der Waals surface area (Å²) in [6, 6.07) is 3.87. The number of pyridine rings is 1. The predicted molar refractivity (Wildman–Crippen MR) is 105 cm³/mol. The van der Waals surface area contributed by atoms with E-state index in [0.29, 0.717) is 16.5 Å². The summed E-state index contributed by atoms with van der Waals surface area (Å²) in [5.74, 6) is 0.607. The highest BCUT2D eigenvalue weighted by Crippen LogP contribution is 2.26. The van der Waals surface area contributed by atoms with Crippen molar-refractivity contribution in [1.82, 2.24) is 20.5 Å². The minimum atomic E-state index is -0.270. The van der Waals surface area contributed by atoms with Gasteiger partial charge in [0.25, 0.3) is 5.91 Å². The summed E-state index contributed by atoms with van der Waals surface area (Å²) in [4.78, 5) is 28.7. The Morgan fingerprint density at radius 3 is 2.78 bits per heavy atom. The van der Waals surface area contributed by atoms with E-state index in [2.05, 4.69) is 31.1 Å². The van der Waals surface area contributed by atoms with Crippen LogP contribution in [0.5, 0.6) is 0 Å². The molecule has 2 heterocycles. The summed E-state index contributed by atoms with van der Waals surface area (Å²) in [7, 11) is 0. The van der Waals surface area contributed by atoms with E-state index in [1.54, 1.807) is 17.6 Å². The van der Waals surface area contributed by atoms with Gasteiger partial charge in [-0.1, -0.05) is 17.8 Å². The second kappa shape index (κ2) is 8.90. The molecule has 1 aliphatic carbocycles. The number of hydrogen-bond acceptors (Lipinski definition) is 7. The number of carbonyl (C=O) groups is 2. The van der Waals surface area contributed by atoms with Crippen LogP contribution >= 0.6 is 11.3 Å². The fraction of sp³-hybridized carbons (Fsp3) is 0.500. The first kappa shape index (κ1) is 19.2. The van der Waals surface area contributed by atoms with Gasteiger partial charge < -0.3 is 10.6 Å². The quantitative estimate of drug-likeness (QED) is 0.702. The summed E-state index contributed by atoms with van der Waals surface area (Å²) in [5, 5.41) is 17.0. The molecule has 8 nitrogen and oxygen atoms in total. The van der Waals surface area contributed by atoms with Crippen LogP contribution in [0.1, 0.15) is 49.9 Å². The van der Waals surface area contributed by atoms with Gasteiger partial charge in [-0.2, -0.15) is 0 Å². The Morgan fingerprint density at radius 1 is 1.26 bits per heavy atom. The van der Waals surface area contributed by atoms with Crippen LogP contribution in [0, 0.1) is 5.92 Å². The van der Waals surface area contributed by atoms with Crippen LogP contribution in [0.25, 0.3) is 0 Å². The molecule has 0 aromatic carbocycles. The highest BCUT2D eigenvalue weighted by molar-refractivity contribution is 7.13. The molecule has 27 heavy (non-hydrogen) atoms. The Hall–Kier alpha value is -2.55. The Bertz CT molecular complexity index is 763. The van der Waals surface area contributed by atoms with Gasteiger partial charge in [-0.25, -0.2) is 4.98 Å². The summed E-state index contributed by atoms with van der Waals surface area (Å²) in [6.45, 7) is 3.95. The molecule has 2 atom stereocenters. The van der Waals surface area contributed by atoms with E-state index < -0.39 is 0 Å². The van der Waals surface area contributed by atoms with E-state index in [0.717, 1.165) is 25.7 Å². The number of rotatable bonds is 6. The molecule has 9 heteroatoms. The van der Waals surface area contributed by atoms with Crippen LogP contribution in [-0.4, -0.2) is 39.1 Å². The molecule has 0 saturated heterocycles. The first-order valence-electron chi connectivity index (χ1n) is 9.11. The fourth-order valence-electron chi connectivity index (χ4n) is 3.18. The maximum Gasteiger partial charge on any atom is 0.259 e. The summed E-state index contributed by atoms with van der Waals surface area (Å²) >= 11 is 1.26. The SMILES string of the molecule is CC(C)NC(=O)C1CCCC(Nc2ccc(C(=O)Nc3nncs3)cn2)C1. The lowest BCUT2D eigenvalue weighted by atomic mass is 9.85. The van der Waals surface area contributed by atoms with Crippen molar-refractivity contribution in [2.24, 2.45) is 5.92 Å². The van der Waals surface area contributed by atoms with Crippen molar-refractivity contribution in [1.29, 1.82) is 0 Å². The van der Waals surface area contributed by atoms with Crippen molar-refractivity contribution in [2.75, 3.05) is 10.6 Å². The van der Waals surface area contributed by atoms with E-state index >= 15 is 0 Å². The fourth-order valence-corrected chi connectivity index (χ4v) is 3.62. The van der Waals surface area contributed by atoms with Gasteiger partial charge in [0.15, 0.2) is 0 Å². The second-order valence-electron chi connectivity index (χ2n) is 7.00. The van der Waals surface area contributed by atoms with Crippen LogP contribution in [-0.2, 0) is 4.79 Å². The van der Waals surface area contributed by atoms with Gasteiger partial charge in [0.1, 0.15) is 11.3 Å². The van der Waals surface area contributed by atoms with Crippen LogP contribution in [0.2, 0.25) is 0 Å². The molecule has 0 bridgehead atoms. The van der Waals surface area contributed by atoms with Crippen molar-refractivity contribution in [2.45, 2.75) is 51.6 Å². The number of hydrogen-bond donors (Lipinski definition) is 3. The predicted octanol–water partition coefficient (Wildman–Crippen LogP) is 2.68. The van der Waals surface area contributed by atoms with Crippen molar-refractivity contribution in [3.8, 4) is 0 Å². The number of amides is 2. The monoisotopic (exact) mass is 388 g/mol. The zero-order valence-corrected chi connectivity index (χ0v) is 16.3. The Balaban J connectivity index is 1.54. The molecule has 2 aromatic heterocycles. The van der Waals surface area contributed by atoms with Gasteiger partial charge >= 0.3 is 0 Å². The van der Waals surface area contributed by atoms with Crippen LogP contribution in [0.4, 0.5) is 10.9 Å². The second-order valence-corrected chi connectivity index (χ2v) is 7.83. The maximum absolute atomic E-state index is 12.2. The minimum absolute atomic E-state index is 0.0376.